The SMILES string of the molecule is CC1(C)c2cc(Cl)ccc2-c2ccc(N(c3ccccc3)c3cccc4c3ccc3ccccc34)cc21. The molecule has 0 heterocycles. The maximum atomic E-state index is 6.42. The molecule has 0 spiro atoms. The number of nitrogens with zero attached hydrogens (tertiary/aromatic N) is 1. The van der Waals surface area contributed by atoms with Crippen LogP contribution in [0.15, 0.2) is 121 Å². The Bertz CT molecular complexity index is 1820. The number of hydrogen-bond acceptors (Lipinski definition) is 1. The zero-order chi connectivity index (χ0) is 25.1. The highest BCUT2D eigenvalue weighted by Gasteiger charge is 2.36. The van der Waals surface area contributed by atoms with Crippen molar-refractivity contribution >= 4 is 50.2 Å². The van der Waals surface area contributed by atoms with Crippen LogP contribution in [-0.2, 0) is 5.41 Å². The third kappa shape index (κ3) is 3.38. The van der Waals surface area contributed by atoms with Gasteiger partial charge in [-0.15, -0.1) is 0 Å². The number of benzene rings is 6. The summed E-state index contributed by atoms with van der Waals surface area (Å²) in [6, 6.07) is 43.6. The van der Waals surface area contributed by atoms with Gasteiger partial charge in [0.05, 0.1) is 5.69 Å². The third-order valence-electron chi connectivity index (χ3n) is 7.90. The number of rotatable bonds is 3. The lowest BCUT2D eigenvalue weighted by atomic mass is 9.82. The van der Waals surface area contributed by atoms with Gasteiger partial charge < -0.3 is 4.90 Å². The molecular weight excluding hydrogens is 470 g/mol. The van der Waals surface area contributed by atoms with E-state index in [2.05, 4.69) is 134 Å². The van der Waals surface area contributed by atoms with Crippen LogP contribution in [0.1, 0.15) is 25.0 Å². The molecule has 1 aliphatic carbocycles. The Morgan fingerprint density at radius 3 is 2.08 bits per heavy atom. The molecule has 2 heteroatoms. The van der Waals surface area contributed by atoms with E-state index in [0.29, 0.717) is 0 Å². The molecule has 6 aromatic rings. The van der Waals surface area contributed by atoms with E-state index >= 15 is 0 Å². The molecule has 7 rings (SSSR count). The van der Waals surface area contributed by atoms with Gasteiger partial charge in [-0.3, -0.25) is 0 Å². The maximum absolute atomic E-state index is 6.42. The molecule has 0 radical (unpaired) electrons. The average molecular weight is 496 g/mol. The summed E-state index contributed by atoms with van der Waals surface area (Å²) >= 11 is 6.42. The van der Waals surface area contributed by atoms with Gasteiger partial charge in [-0.25, -0.2) is 0 Å². The smallest absolute Gasteiger partial charge is 0.0540 e. The second-order valence-electron chi connectivity index (χ2n) is 10.4. The molecule has 0 amide bonds. The Morgan fingerprint density at radius 2 is 1.24 bits per heavy atom. The predicted molar refractivity (Wildman–Crippen MR) is 159 cm³/mol. The minimum Gasteiger partial charge on any atom is -0.310 e. The molecule has 0 aliphatic heterocycles. The molecule has 178 valence electrons. The van der Waals surface area contributed by atoms with Crippen molar-refractivity contribution < 1.29 is 0 Å². The Balaban J connectivity index is 1.48. The van der Waals surface area contributed by atoms with Gasteiger partial charge in [0, 0.05) is 27.2 Å². The van der Waals surface area contributed by atoms with Gasteiger partial charge in [-0.1, -0.05) is 104 Å². The Hall–Kier alpha value is -4.07. The molecule has 1 nitrogen and oxygen atoms in total. The van der Waals surface area contributed by atoms with Crippen molar-refractivity contribution in [3.63, 3.8) is 0 Å². The first-order chi connectivity index (χ1) is 18.0. The Kier molecular flexibility index (Phi) is 4.93. The van der Waals surface area contributed by atoms with E-state index in [4.69, 9.17) is 11.6 Å². The first-order valence-electron chi connectivity index (χ1n) is 12.7. The van der Waals surface area contributed by atoms with E-state index in [1.807, 2.05) is 6.07 Å². The molecule has 0 unspecified atom stereocenters. The second-order valence-corrected chi connectivity index (χ2v) is 10.8. The van der Waals surface area contributed by atoms with Gasteiger partial charge in [0.1, 0.15) is 0 Å². The van der Waals surface area contributed by atoms with Crippen LogP contribution >= 0.6 is 11.6 Å². The highest BCUT2D eigenvalue weighted by molar-refractivity contribution is 6.30. The minimum absolute atomic E-state index is 0.136. The van der Waals surface area contributed by atoms with Crippen LogP contribution in [0.2, 0.25) is 5.02 Å². The average Bonchev–Trinajstić information content (AvgIpc) is 3.15. The lowest BCUT2D eigenvalue weighted by molar-refractivity contribution is 0.660. The third-order valence-corrected chi connectivity index (χ3v) is 8.13. The van der Waals surface area contributed by atoms with Crippen molar-refractivity contribution in [2.24, 2.45) is 0 Å². The van der Waals surface area contributed by atoms with Crippen LogP contribution < -0.4 is 4.90 Å². The van der Waals surface area contributed by atoms with Gasteiger partial charge in [0.25, 0.3) is 0 Å². The summed E-state index contributed by atoms with van der Waals surface area (Å²) in [5.41, 5.74) is 8.51. The fourth-order valence-electron chi connectivity index (χ4n) is 6.06. The summed E-state index contributed by atoms with van der Waals surface area (Å²) in [7, 11) is 0. The fraction of sp³-hybridized carbons (Fsp3) is 0.0857. The van der Waals surface area contributed by atoms with Crippen LogP contribution in [-0.4, -0.2) is 0 Å². The Labute approximate surface area is 222 Å². The highest BCUT2D eigenvalue weighted by Crippen LogP contribution is 2.51. The quantitative estimate of drug-likeness (QED) is 0.221. The molecule has 0 N–H and O–H groups in total. The number of anilines is 3. The monoisotopic (exact) mass is 495 g/mol. The van der Waals surface area contributed by atoms with Crippen LogP contribution in [0.25, 0.3) is 32.7 Å². The molecule has 0 aromatic heterocycles. The first-order valence-corrected chi connectivity index (χ1v) is 13.1. The lowest BCUT2D eigenvalue weighted by Gasteiger charge is -2.29. The van der Waals surface area contributed by atoms with E-state index in [0.717, 1.165) is 16.4 Å². The standard InChI is InChI=1S/C35H26ClN/c1-35(2)32-21-24(36)16-19-29(32)30-20-17-26(22-33(30)35)37(25-10-4-3-5-11-25)34-14-8-13-28-27-12-7-6-9-23(27)15-18-31(28)34/h3-22H,1-2H3. The topological polar surface area (TPSA) is 3.24 Å². The molecule has 1 aliphatic rings. The van der Waals surface area contributed by atoms with E-state index < -0.39 is 0 Å². The zero-order valence-corrected chi connectivity index (χ0v) is 21.6. The largest absolute Gasteiger partial charge is 0.310 e. The molecule has 6 aromatic carbocycles. The zero-order valence-electron chi connectivity index (χ0n) is 20.9. The summed E-state index contributed by atoms with van der Waals surface area (Å²) in [6.07, 6.45) is 0. The van der Waals surface area contributed by atoms with Crippen LogP contribution in [0.4, 0.5) is 17.1 Å². The summed E-state index contributed by atoms with van der Waals surface area (Å²) < 4.78 is 0. The van der Waals surface area contributed by atoms with Gasteiger partial charge in [-0.2, -0.15) is 0 Å². The van der Waals surface area contributed by atoms with Crippen LogP contribution in [0.3, 0.4) is 0 Å². The van der Waals surface area contributed by atoms with E-state index in [9.17, 15) is 0 Å². The van der Waals surface area contributed by atoms with Gasteiger partial charge in [-0.05, 0) is 80.9 Å². The van der Waals surface area contributed by atoms with Gasteiger partial charge >= 0.3 is 0 Å². The van der Waals surface area contributed by atoms with Crippen molar-refractivity contribution in [3.8, 4) is 11.1 Å². The normalized spacial score (nSPS) is 13.5. The molecule has 0 bridgehead atoms. The van der Waals surface area contributed by atoms with E-state index in [-0.39, 0.29) is 5.41 Å². The van der Waals surface area contributed by atoms with Crippen molar-refractivity contribution in [1.29, 1.82) is 0 Å². The summed E-state index contributed by atoms with van der Waals surface area (Å²) in [5, 5.41) is 5.82. The maximum Gasteiger partial charge on any atom is 0.0540 e. The number of halogens is 1. The molecular formula is C35H26ClN. The lowest BCUT2D eigenvalue weighted by Crippen LogP contribution is -2.16. The number of fused-ring (bicyclic) bond motifs is 6. The molecule has 0 saturated carbocycles. The predicted octanol–water partition coefficient (Wildman–Crippen LogP) is 10.4. The fourth-order valence-corrected chi connectivity index (χ4v) is 6.23. The molecule has 0 fully saturated rings. The first kappa shape index (κ1) is 22.2. The Morgan fingerprint density at radius 1 is 0.541 bits per heavy atom. The van der Waals surface area contributed by atoms with Crippen LogP contribution in [0.5, 0.6) is 0 Å². The number of hydrogen-bond donors (Lipinski definition) is 0. The van der Waals surface area contributed by atoms with Crippen molar-refractivity contribution in [1.82, 2.24) is 0 Å². The van der Waals surface area contributed by atoms with E-state index in [1.54, 1.807) is 0 Å². The summed E-state index contributed by atoms with van der Waals surface area (Å²) in [5.74, 6) is 0. The molecule has 0 atom stereocenters. The van der Waals surface area contributed by atoms with Gasteiger partial charge in [0.15, 0.2) is 0 Å². The molecule has 37 heavy (non-hydrogen) atoms. The number of para-hydroxylation sites is 1. The van der Waals surface area contributed by atoms with Crippen LogP contribution in [0, 0.1) is 0 Å². The highest BCUT2D eigenvalue weighted by atomic mass is 35.5. The van der Waals surface area contributed by atoms with Gasteiger partial charge in [0.2, 0.25) is 0 Å². The summed E-state index contributed by atoms with van der Waals surface area (Å²) in [4.78, 5) is 2.39. The van der Waals surface area contributed by atoms with Crippen molar-refractivity contribution in [2.75, 3.05) is 4.90 Å². The van der Waals surface area contributed by atoms with Crippen molar-refractivity contribution in [2.45, 2.75) is 19.3 Å². The second kappa shape index (κ2) is 8.23. The molecule has 0 saturated heterocycles. The van der Waals surface area contributed by atoms with E-state index in [1.165, 1.54) is 49.5 Å². The summed E-state index contributed by atoms with van der Waals surface area (Å²) in [6.45, 7) is 4.60. The minimum atomic E-state index is -0.136. The van der Waals surface area contributed by atoms with Crippen molar-refractivity contribution in [3.05, 3.63) is 137 Å².